The van der Waals surface area contributed by atoms with E-state index in [9.17, 15) is 17.2 Å². The second-order valence-corrected chi connectivity index (χ2v) is 5.79. The van der Waals surface area contributed by atoms with Crippen LogP contribution in [-0.2, 0) is 10.0 Å². The molecule has 0 fully saturated rings. The van der Waals surface area contributed by atoms with Gasteiger partial charge in [-0.2, -0.15) is 0 Å². The monoisotopic (exact) mass is 313 g/mol. The van der Waals surface area contributed by atoms with Gasteiger partial charge in [0.15, 0.2) is 0 Å². The third kappa shape index (κ3) is 3.69. The van der Waals surface area contributed by atoms with Crippen molar-refractivity contribution in [2.75, 3.05) is 11.3 Å². The van der Waals surface area contributed by atoms with Crippen LogP contribution in [0.1, 0.15) is 6.92 Å². The molecule has 4 nitrogen and oxygen atoms in total. The number of anilines is 1. The van der Waals surface area contributed by atoms with Crippen LogP contribution in [0, 0.1) is 11.6 Å². The van der Waals surface area contributed by atoms with Gasteiger partial charge in [-0.1, -0.05) is 0 Å². The Balaban J connectivity index is 2.26. The number of benzene rings is 2. The highest BCUT2D eigenvalue weighted by atomic mass is 32.2. The van der Waals surface area contributed by atoms with Gasteiger partial charge in [-0.15, -0.1) is 0 Å². The average Bonchev–Trinajstić information content (AvgIpc) is 2.43. The number of ether oxygens (including phenoxy) is 1. The second kappa shape index (κ2) is 6.09. The summed E-state index contributed by atoms with van der Waals surface area (Å²) in [6.45, 7) is 2.31. The van der Waals surface area contributed by atoms with E-state index in [4.69, 9.17) is 4.74 Å². The van der Waals surface area contributed by atoms with Crippen molar-refractivity contribution in [3.63, 3.8) is 0 Å². The molecular weight excluding hydrogens is 300 g/mol. The maximum atomic E-state index is 13.5. The van der Waals surface area contributed by atoms with Crippen LogP contribution < -0.4 is 9.46 Å². The Hall–Kier alpha value is -2.15. The van der Waals surface area contributed by atoms with Gasteiger partial charge in [-0.05, 0) is 49.4 Å². The van der Waals surface area contributed by atoms with Crippen molar-refractivity contribution in [2.24, 2.45) is 0 Å². The van der Waals surface area contributed by atoms with Gasteiger partial charge in [0.05, 0.1) is 6.61 Å². The van der Waals surface area contributed by atoms with Crippen molar-refractivity contribution in [3.05, 3.63) is 54.1 Å². The molecule has 0 heterocycles. The Kier molecular flexibility index (Phi) is 4.42. The molecule has 0 atom stereocenters. The van der Waals surface area contributed by atoms with E-state index >= 15 is 0 Å². The molecule has 0 aromatic heterocycles. The number of sulfonamides is 1. The molecule has 0 unspecified atom stereocenters. The predicted octanol–water partition coefficient (Wildman–Crippen LogP) is 3.16. The van der Waals surface area contributed by atoms with Gasteiger partial charge in [-0.25, -0.2) is 17.2 Å². The number of rotatable bonds is 5. The maximum Gasteiger partial charge on any atom is 0.264 e. The van der Waals surface area contributed by atoms with Crippen molar-refractivity contribution >= 4 is 15.7 Å². The van der Waals surface area contributed by atoms with Crippen molar-refractivity contribution in [2.45, 2.75) is 11.8 Å². The standard InChI is InChI=1S/C14H13F2NO3S/c1-2-20-12-6-4-11(5-7-12)17-21(18,19)14-9-10(15)3-8-13(14)16/h3-9,17H,2H2,1H3. The van der Waals surface area contributed by atoms with Crippen LogP contribution in [0.15, 0.2) is 47.4 Å². The Morgan fingerprint density at radius 1 is 1.10 bits per heavy atom. The van der Waals surface area contributed by atoms with Crippen LogP contribution in [0.4, 0.5) is 14.5 Å². The lowest BCUT2D eigenvalue weighted by Crippen LogP contribution is -2.14. The lowest BCUT2D eigenvalue weighted by molar-refractivity contribution is 0.340. The molecule has 0 aliphatic carbocycles. The molecule has 0 aliphatic heterocycles. The highest BCUT2D eigenvalue weighted by Crippen LogP contribution is 2.21. The van der Waals surface area contributed by atoms with Gasteiger partial charge in [0.25, 0.3) is 10.0 Å². The fraction of sp³-hybridized carbons (Fsp3) is 0.143. The van der Waals surface area contributed by atoms with Gasteiger partial charge in [0.2, 0.25) is 0 Å². The molecule has 0 radical (unpaired) electrons. The van der Waals surface area contributed by atoms with E-state index in [0.717, 1.165) is 12.1 Å². The normalized spacial score (nSPS) is 11.2. The first-order valence-corrected chi connectivity index (χ1v) is 7.61. The molecule has 21 heavy (non-hydrogen) atoms. The van der Waals surface area contributed by atoms with Crippen LogP contribution in [0.3, 0.4) is 0 Å². The van der Waals surface area contributed by atoms with E-state index in [1.54, 1.807) is 12.1 Å². The topological polar surface area (TPSA) is 55.4 Å². The Bertz CT molecular complexity index is 730. The minimum atomic E-state index is -4.20. The second-order valence-electron chi connectivity index (χ2n) is 4.14. The summed E-state index contributed by atoms with van der Waals surface area (Å²) in [7, 11) is -4.20. The largest absolute Gasteiger partial charge is 0.494 e. The Morgan fingerprint density at radius 2 is 1.76 bits per heavy atom. The molecule has 0 amide bonds. The third-order valence-electron chi connectivity index (χ3n) is 2.60. The molecule has 7 heteroatoms. The zero-order valence-corrected chi connectivity index (χ0v) is 12.0. The first-order valence-electron chi connectivity index (χ1n) is 6.13. The van der Waals surface area contributed by atoms with Gasteiger partial charge in [0, 0.05) is 5.69 Å². The van der Waals surface area contributed by atoms with Crippen molar-refractivity contribution in [1.29, 1.82) is 0 Å². The zero-order chi connectivity index (χ0) is 15.5. The van der Waals surface area contributed by atoms with E-state index in [2.05, 4.69) is 4.72 Å². The quantitative estimate of drug-likeness (QED) is 0.922. The number of hydrogen-bond acceptors (Lipinski definition) is 3. The fourth-order valence-corrected chi connectivity index (χ4v) is 2.83. The Labute approximate surface area is 121 Å². The summed E-state index contributed by atoms with van der Waals surface area (Å²) in [5.74, 6) is -1.27. The van der Waals surface area contributed by atoms with Crippen molar-refractivity contribution in [3.8, 4) is 5.75 Å². The van der Waals surface area contributed by atoms with Gasteiger partial charge >= 0.3 is 0 Å². The molecule has 2 rings (SSSR count). The minimum absolute atomic E-state index is 0.224. The molecule has 0 bridgehead atoms. The van der Waals surface area contributed by atoms with Crippen LogP contribution >= 0.6 is 0 Å². The molecule has 1 N–H and O–H groups in total. The summed E-state index contributed by atoms with van der Waals surface area (Å²) < 4.78 is 58.1. The summed E-state index contributed by atoms with van der Waals surface area (Å²) in [5.41, 5.74) is 0.224. The molecule has 112 valence electrons. The van der Waals surface area contributed by atoms with Gasteiger partial charge < -0.3 is 4.74 Å². The van der Waals surface area contributed by atoms with E-state index in [1.165, 1.54) is 12.1 Å². The smallest absolute Gasteiger partial charge is 0.264 e. The lowest BCUT2D eigenvalue weighted by Gasteiger charge is -2.10. The summed E-state index contributed by atoms with van der Waals surface area (Å²) in [6, 6.07) is 8.34. The van der Waals surface area contributed by atoms with Crippen LogP contribution in [0.2, 0.25) is 0 Å². The third-order valence-corrected chi connectivity index (χ3v) is 4.00. The first kappa shape index (κ1) is 15.2. The molecule has 0 saturated carbocycles. The van der Waals surface area contributed by atoms with E-state index in [1.807, 2.05) is 6.92 Å². The summed E-state index contributed by atoms with van der Waals surface area (Å²) in [6.07, 6.45) is 0. The summed E-state index contributed by atoms with van der Waals surface area (Å²) in [5, 5.41) is 0. The average molecular weight is 313 g/mol. The van der Waals surface area contributed by atoms with E-state index in [0.29, 0.717) is 18.4 Å². The highest BCUT2D eigenvalue weighted by molar-refractivity contribution is 7.92. The van der Waals surface area contributed by atoms with E-state index in [-0.39, 0.29) is 5.69 Å². The molecule has 2 aromatic rings. The summed E-state index contributed by atoms with van der Waals surface area (Å²) in [4.78, 5) is -0.739. The molecule has 0 spiro atoms. The zero-order valence-electron chi connectivity index (χ0n) is 11.1. The van der Waals surface area contributed by atoms with Crippen LogP contribution in [-0.4, -0.2) is 15.0 Å². The molecule has 0 aliphatic rings. The van der Waals surface area contributed by atoms with Crippen LogP contribution in [0.5, 0.6) is 5.75 Å². The van der Waals surface area contributed by atoms with Crippen LogP contribution in [0.25, 0.3) is 0 Å². The number of nitrogens with one attached hydrogen (secondary N) is 1. The van der Waals surface area contributed by atoms with Gasteiger partial charge in [0.1, 0.15) is 22.3 Å². The fourth-order valence-electron chi connectivity index (χ4n) is 1.68. The van der Waals surface area contributed by atoms with Crippen molar-refractivity contribution in [1.82, 2.24) is 0 Å². The Morgan fingerprint density at radius 3 is 2.38 bits per heavy atom. The number of hydrogen-bond donors (Lipinski definition) is 1. The molecule has 0 saturated heterocycles. The molecule has 2 aromatic carbocycles. The lowest BCUT2D eigenvalue weighted by atomic mass is 10.3. The first-order chi connectivity index (χ1) is 9.92. The van der Waals surface area contributed by atoms with Gasteiger partial charge in [-0.3, -0.25) is 4.72 Å². The highest BCUT2D eigenvalue weighted by Gasteiger charge is 2.20. The van der Waals surface area contributed by atoms with Crippen molar-refractivity contribution < 1.29 is 21.9 Å². The predicted molar refractivity (Wildman–Crippen MR) is 74.8 cm³/mol. The van der Waals surface area contributed by atoms with E-state index < -0.39 is 26.6 Å². The number of halogens is 2. The molecular formula is C14H13F2NO3S. The summed E-state index contributed by atoms with van der Waals surface area (Å²) >= 11 is 0. The SMILES string of the molecule is CCOc1ccc(NS(=O)(=O)c2cc(F)ccc2F)cc1. The minimum Gasteiger partial charge on any atom is -0.494 e. The maximum absolute atomic E-state index is 13.5.